The van der Waals surface area contributed by atoms with Crippen LogP contribution >= 0.6 is 0 Å². The predicted octanol–water partition coefficient (Wildman–Crippen LogP) is -0.997. The average molecular weight is 366 g/mol. The number of aliphatic hydroxyl groups is 3. The maximum atomic E-state index is 13.2. The maximum absolute atomic E-state index is 13.2. The van der Waals surface area contributed by atoms with Crippen LogP contribution in [0.4, 0.5) is 4.39 Å². The van der Waals surface area contributed by atoms with Crippen molar-refractivity contribution in [3.63, 3.8) is 0 Å². The molecular formula is C17H19FN2O6. The summed E-state index contributed by atoms with van der Waals surface area (Å²) in [5.41, 5.74) is -0.655. The number of halogens is 1. The Kier molecular flexibility index (Phi) is 5.33. The molecule has 1 aromatic carbocycles. The number of hydrogen-bond donors (Lipinski definition) is 3. The van der Waals surface area contributed by atoms with Crippen LogP contribution in [0.1, 0.15) is 11.8 Å². The zero-order valence-electron chi connectivity index (χ0n) is 13.7. The average Bonchev–Trinajstić information content (AvgIpc) is 2.90. The van der Waals surface area contributed by atoms with Gasteiger partial charge in [0.1, 0.15) is 24.1 Å². The number of rotatable bonds is 5. The van der Waals surface area contributed by atoms with Crippen molar-refractivity contribution in [2.75, 3.05) is 6.61 Å². The van der Waals surface area contributed by atoms with Crippen molar-refractivity contribution in [2.24, 2.45) is 0 Å². The molecule has 9 heteroatoms. The van der Waals surface area contributed by atoms with Gasteiger partial charge in [0.15, 0.2) is 6.23 Å². The molecule has 0 bridgehead atoms. The van der Waals surface area contributed by atoms with E-state index in [0.29, 0.717) is 5.56 Å². The number of ether oxygens (including phenoxy) is 1. The first-order valence-electron chi connectivity index (χ1n) is 8.11. The number of nitrogens with zero attached hydrogens (tertiary/aromatic N) is 2. The molecule has 1 saturated heterocycles. The molecule has 3 N–H and O–H groups in total. The van der Waals surface area contributed by atoms with E-state index in [9.17, 15) is 24.2 Å². The van der Waals surface area contributed by atoms with Crippen molar-refractivity contribution >= 4 is 0 Å². The van der Waals surface area contributed by atoms with Crippen LogP contribution in [0.25, 0.3) is 0 Å². The van der Waals surface area contributed by atoms with Gasteiger partial charge in [-0.3, -0.25) is 13.9 Å². The molecule has 0 aliphatic carbocycles. The highest BCUT2D eigenvalue weighted by Gasteiger charge is 2.43. The number of aromatic nitrogens is 2. The third-order valence-corrected chi connectivity index (χ3v) is 4.40. The van der Waals surface area contributed by atoms with Crippen molar-refractivity contribution in [2.45, 2.75) is 37.5 Å². The van der Waals surface area contributed by atoms with Gasteiger partial charge in [-0.25, -0.2) is 9.18 Å². The number of hydrogen-bond acceptors (Lipinski definition) is 6. The van der Waals surface area contributed by atoms with Crippen LogP contribution in [-0.4, -0.2) is 49.4 Å². The van der Waals surface area contributed by atoms with E-state index in [0.717, 1.165) is 15.2 Å². The topological polar surface area (TPSA) is 114 Å². The third-order valence-electron chi connectivity index (χ3n) is 4.40. The summed E-state index contributed by atoms with van der Waals surface area (Å²) in [5.74, 6) is -0.410. The maximum Gasteiger partial charge on any atom is 0.333 e. The van der Waals surface area contributed by atoms with E-state index < -0.39 is 48.2 Å². The summed E-state index contributed by atoms with van der Waals surface area (Å²) in [5, 5.41) is 29.0. The first-order chi connectivity index (χ1) is 12.4. The van der Waals surface area contributed by atoms with E-state index in [1.165, 1.54) is 24.4 Å². The van der Waals surface area contributed by atoms with E-state index in [2.05, 4.69) is 0 Å². The number of aliphatic hydroxyl groups excluding tert-OH is 3. The molecule has 0 unspecified atom stereocenters. The molecule has 0 radical (unpaired) electrons. The van der Waals surface area contributed by atoms with E-state index >= 15 is 0 Å². The molecular weight excluding hydrogens is 347 g/mol. The van der Waals surface area contributed by atoms with Crippen molar-refractivity contribution in [3.8, 4) is 0 Å². The quantitative estimate of drug-likeness (QED) is 0.626. The molecule has 2 aromatic rings. The minimum Gasteiger partial charge on any atom is -0.394 e. The monoisotopic (exact) mass is 366 g/mol. The molecule has 0 saturated carbocycles. The second kappa shape index (κ2) is 7.50. The number of aryl methyl sites for hydroxylation is 1. The van der Waals surface area contributed by atoms with Gasteiger partial charge in [-0.2, -0.15) is 0 Å². The fourth-order valence-corrected chi connectivity index (χ4v) is 2.97. The third kappa shape index (κ3) is 3.47. The van der Waals surface area contributed by atoms with Gasteiger partial charge in [0.05, 0.1) is 6.61 Å². The zero-order valence-corrected chi connectivity index (χ0v) is 13.7. The summed E-state index contributed by atoms with van der Waals surface area (Å²) in [6.07, 6.45) is -3.62. The smallest absolute Gasteiger partial charge is 0.333 e. The minimum absolute atomic E-state index is 0.0107. The van der Waals surface area contributed by atoms with E-state index in [1.54, 1.807) is 6.07 Å². The van der Waals surface area contributed by atoms with E-state index in [1.807, 2.05) is 0 Å². The lowest BCUT2D eigenvalue weighted by molar-refractivity contribution is -0.0556. The Bertz CT molecular complexity index is 895. The van der Waals surface area contributed by atoms with Crippen molar-refractivity contribution in [1.29, 1.82) is 0 Å². The first-order valence-corrected chi connectivity index (χ1v) is 8.11. The Morgan fingerprint density at radius 3 is 2.58 bits per heavy atom. The van der Waals surface area contributed by atoms with Crippen LogP contribution in [0.5, 0.6) is 0 Å². The summed E-state index contributed by atoms with van der Waals surface area (Å²) in [4.78, 5) is 24.7. The number of benzene rings is 1. The summed E-state index contributed by atoms with van der Waals surface area (Å²) >= 11 is 0. The lowest BCUT2D eigenvalue weighted by Crippen LogP contribution is -2.43. The Balaban J connectivity index is 1.87. The SMILES string of the molecule is O=c1ccn([C@@H]2O[C@H](CO)[C@@H](O)[C@H]2O)c(=O)n1CCc1cccc(F)c1. The molecule has 2 heterocycles. The minimum atomic E-state index is -1.43. The standard InChI is InChI=1S/C17H19FN2O6/c18-11-3-1-2-10(8-11)4-6-19-13(22)5-7-20(17(19)25)16-15(24)14(23)12(9-21)26-16/h1-3,5,7-8,12,14-16,21,23-24H,4,6,9H2/t12-,14-,15-,16-/m1/s1. The van der Waals surface area contributed by atoms with Crippen LogP contribution in [-0.2, 0) is 17.7 Å². The van der Waals surface area contributed by atoms with Gasteiger partial charge in [-0.1, -0.05) is 12.1 Å². The van der Waals surface area contributed by atoms with Gasteiger partial charge in [0, 0.05) is 18.8 Å². The first kappa shape index (κ1) is 18.5. The molecule has 4 atom stereocenters. The molecule has 0 amide bonds. The highest BCUT2D eigenvalue weighted by Crippen LogP contribution is 2.27. The van der Waals surface area contributed by atoms with Crippen molar-refractivity contribution in [1.82, 2.24) is 9.13 Å². The van der Waals surface area contributed by atoms with Gasteiger partial charge >= 0.3 is 5.69 Å². The fraction of sp³-hybridized carbons (Fsp3) is 0.412. The zero-order chi connectivity index (χ0) is 18.8. The molecule has 3 rings (SSSR count). The van der Waals surface area contributed by atoms with Gasteiger partial charge in [-0.05, 0) is 24.1 Å². The Labute approximate surface area is 147 Å². The van der Waals surface area contributed by atoms with Crippen molar-refractivity contribution < 1.29 is 24.4 Å². The summed E-state index contributed by atoms with van der Waals surface area (Å²) in [6.45, 7) is -0.514. The largest absolute Gasteiger partial charge is 0.394 e. The highest BCUT2D eigenvalue weighted by atomic mass is 19.1. The molecule has 1 aromatic heterocycles. The highest BCUT2D eigenvalue weighted by molar-refractivity contribution is 5.16. The molecule has 1 fully saturated rings. The molecule has 8 nitrogen and oxygen atoms in total. The fourth-order valence-electron chi connectivity index (χ4n) is 2.97. The van der Waals surface area contributed by atoms with Crippen molar-refractivity contribution in [3.05, 3.63) is 68.7 Å². The molecule has 0 spiro atoms. The van der Waals surface area contributed by atoms with Crippen LogP contribution in [0.15, 0.2) is 46.1 Å². The van der Waals surface area contributed by atoms with E-state index in [-0.39, 0.29) is 13.0 Å². The lowest BCUT2D eigenvalue weighted by atomic mass is 10.1. The lowest BCUT2D eigenvalue weighted by Gasteiger charge is -2.18. The van der Waals surface area contributed by atoms with Crippen LogP contribution in [0, 0.1) is 5.82 Å². The normalized spacial score (nSPS) is 25.5. The Hall–Kier alpha value is -2.33. The van der Waals surface area contributed by atoms with Crippen LogP contribution < -0.4 is 11.2 Å². The molecule has 140 valence electrons. The van der Waals surface area contributed by atoms with Crippen LogP contribution in [0.3, 0.4) is 0 Å². The second-order valence-electron chi connectivity index (χ2n) is 6.10. The Morgan fingerprint density at radius 1 is 1.15 bits per heavy atom. The molecule has 26 heavy (non-hydrogen) atoms. The second-order valence-corrected chi connectivity index (χ2v) is 6.10. The summed E-state index contributed by atoms with van der Waals surface area (Å²) in [7, 11) is 0. The van der Waals surface area contributed by atoms with Crippen LogP contribution in [0.2, 0.25) is 0 Å². The summed E-state index contributed by atoms with van der Waals surface area (Å²) in [6, 6.07) is 6.98. The van der Waals surface area contributed by atoms with Gasteiger partial charge in [-0.15, -0.1) is 0 Å². The molecule has 1 aliphatic rings. The Morgan fingerprint density at radius 2 is 1.92 bits per heavy atom. The van der Waals surface area contributed by atoms with Gasteiger partial charge in [0.25, 0.3) is 5.56 Å². The van der Waals surface area contributed by atoms with Gasteiger partial charge < -0.3 is 20.1 Å². The van der Waals surface area contributed by atoms with Gasteiger partial charge in [0.2, 0.25) is 0 Å². The van der Waals surface area contributed by atoms with E-state index in [4.69, 9.17) is 9.84 Å². The molecule has 1 aliphatic heterocycles. The summed E-state index contributed by atoms with van der Waals surface area (Å²) < 4.78 is 20.5. The predicted molar refractivity (Wildman–Crippen MR) is 88.1 cm³/mol.